The van der Waals surface area contributed by atoms with Gasteiger partial charge in [-0.15, -0.1) is 0 Å². The maximum atomic E-state index is 13.3. The number of hydrogen-bond acceptors (Lipinski definition) is 3. The third-order valence-electron chi connectivity index (χ3n) is 8.78. The van der Waals surface area contributed by atoms with E-state index in [0.717, 1.165) is 16.7 Å². The first-order valence-corrected chi connectivity index (χ1v) is 14.6. The van der Waals surface area contributed by atoms with Crippen molar-refractivity contribution in [3.63, 3.8) is 0 Å². The van der Waals surface area contributed by atoms with Crippen molar-refractivity contribution in [1.29, 1.82) is 0 Å². The second kappa shape index (κ2) is 9.73. The molecule has 0 spiro atoms. The number of hydrogen-bond donors (Lipinski definition) is 0. The summed E-state index contributed by atoms with van der Waals surface area (Å²) < 4.78 is 0. The van der Waals surface area contributed by atoms with E-state index in [0.29, 0.717) is 23.0 Å². The number of Topliss-reactive ketones (excluding diaryl/α,β-unsaturated/α-hetero) is 2. The normalized spacial score (nSPS) is 16.4. The largest absolute Gasteiger partial charge is 0.309 e. The fraction of sp³-hybridized carbons (Fsp3) is 0.243. The SMILES string of the molecule is Bc1ccc2c(c1)C(=O)/C(=C\c1ccc3c(c1)C(C)(C)c1ccccc1N3c1c(C(C)C)cccc1C(C)C)C2=O. The van der Waals surface area contributed by atoms with Gasteiger partial charge in [0.2, 0.25) is 0 Å². The molecule has 0 saturated heterocycles. The van der Waals surface area contributed by atoms with Gasteiger partial charge in [0.05, 0.1) is 22.6 Å². The van der Waals surface area contributed by atoms with Gasteiger partial charge in [0.25, 0.3) is 0 Å². The molecule has 4 aromatic carbocycles. The van der Waals surface area contributed by atoms with Crippen LogP contribution in [0.2, 0.25) is 0 Å². The van der Waals surface area contributed by atoms with E-state index in [-0.39, 0.29) is 22.6 Å². The quantitative estimate of drug-likeness (QED) is 0.152. The molecule has 0 saturated carbocycles. The van der Waals surface area contributed by atoms with Crippen molar-refractivity contribution < 1.29 is 9.59 Å². The summed E-state index contributed by atoms with van der Waals surface area (Å²) in [6.07, 6.45) is 1.78. The number of carbonyl (C=O) groups excluding carboxylic acids is 2. The van der Waals surface area contributed by atoms with Crippen LogP contribution in [0.1, 0.15) is 102 Å². The number of rotatable bonds is 4. The van der Waals surface area contributed by atoms with Crippen molar-refractivity contribution in [2.45, 2.75) is 58.8 Å². The van der Waals surface area contributed by atoms with Gasteiger partial charge in [0.1, 0.15) is 7.85 Å². The van der Waals surface area contributed by atoms with E-state index in [4.69, 9.17) is 0 Å². The second-order valence-electron chi connectivity index (χ2n) is 12.6. The molecule has 0 atom stereocenters. The van der Waals surface area contributed by atoms with E-state index < -0.39 is 0 Å². The van der Waals surface area contributed by atoms with Crippen LogP contribution in [0.4, 0.5) is 17.1 Å². The lowest BCUT2D eigenvalue weighted by Crippen LogP contribution is -2.31. The number of ketones is 2. The number of benzene rings is 4. The van der Waals surface area contributed by atoms with Gasteiger partial charge in [-0.1, -0.05) is 108 Å². The third-order valence-corrected chi connectivity index (χ3v) is 8.78. The zero-order chi connectivity index (χ0) is 29.2. The predicted octanol–water partition coefficient (Wildman–Crippen LogP) is 7.76. The molecule has 0 radical (unpaired) electrons. The molecule has 1 aliphatic heterocycles. The van der Waals surface area contributed by atoms with E-state index in [1.54, 1.807) is 12.1 Å². The molecule has 0 unspecified atom stereocenters. The topological polar surface area (TPSA) is 37.4 Å². The first-order valence-electron chi connectivity index (χ1n) is 14.6. The summed E-state index contributed by atoms with van der Waals surface area (Å²) in [4.78, 5) is 29.0. The van der Waals surface area contributed by atoms with Crippen LogP contribution < -0.4 is 10.4 Å². The highest BCUT2D eigenvalue weighted by Crippen LogP contribution is 2.54. The van der Waals surface area contributed by atoms with Crippen LogP contribution in [0.25, 0.3) is 6.08 Å². The Morgan fingerprint density at radius 2 is 1.34 bits per heavy atom. The van der Waals surface area contributed by atoms with E-state index in [1.807, 2.05) is 26.0 Å². The van der Waals surface area contributed by atoms with E-state index in [1.165, 1.54) is 33.6 Å². The summed E-state index contributed by atoms with van der Waals surface area (Å²) in [5, 5.41) is 0. The van der Waals surface area contributed by atoms with Gasteiger partial charge in [-0.05, 0) is 63.9 Å². The highest BCUT2D eigenvalue weighted by atomic mass is 16.2. The molecule has 4 heteroatoms. The molecule has 0 aromatic heterocycles. The molecule has 6 rings (SSSR count). The Bertz CT molecular complexity index is 1750. The smallest absolute Gasteiger partial charge is 0.197 e. The summed E-state index contributed by atoms with van der Waals surface area (Å²) in [5.74, 6) is 0.317. The van der Waals surface area contributed by atoms with Crippen molar-refractivity contribution in [2.24, 2.45) is 0 Å². The van der Waals surface area contributed by atoms with Crippen LogP contribution in [-0.2, 0) is 5.41 Å². The molecular weight excluding hydrogens is 501 g/mol. The summed E-state index contributed by atoms with van der Waals surface area (Å²) in [6, 6.07) is 27.2. The minimum Gasteiger partial charge on any atom is -0.309 e. The number of carbonyl (C=O) groups is 2. The van der Waals surface area contributed by atoms with Gasteiger partial charge in [-0.25, -0.2) is 0 Å². The van der Waals surface area contributed by atoms with Crippen molar-refractivity contribution in [3.8, 4) is 0 Å². The Labute approximate surface area is 244 Å². The molecule has 0 amide bonds. The van der Waals surface area contributed by atoms with Crippen LogP contribution in [0.15, 0.2) is 84.4 Å². The van der Waals surface area contributed by atoms with Crippen LogP contribution in [0, 0.1) is 0 Å². The van der Waals surface area contributed by atoms with Crippen LogP contribution in [0.5, 0.6) is 0 Å². The average molecular weight is 538 g/mol. The fourth-order valence-electron chi connectivity index (χ4n) is 6.56. The number of fused-ring (bicyclic) bond motifs is 3. The number of allylic oxidation sites excluding steroid dienone is 1. The summed E-state index contributed by atoms with van der Waals surface area (Å²) in [6.45, 7) is 13.6. The first kappa shape index (κ1) is 27.0. The molecule has 0 fully saturated rings. The maximum Gasteiger partial charge on any atom is 0.197 e. The van der Waals surface area contributed by atoms with Gasteiger partial charge in [-0.3, -0.25) is 9.59 Å². The minimum absolute atomic E-state index is 0.190. The van der Waals surface area contributed by atoms with Crippen LogP contribution in [0.3, 0.4) is 0 Å². The van der Waals surface area contributed by atoms with Gasteiger partial charge in [-0.2, -0.15) is 0 Å². The molecule has 1 aliphatic carbocycles. The summed E-state index contributed by atoms with van der Waals surface area (Å²) in [7, 11) is 1.94. The van der Waals surface area contributed by atoms with Crippen LogP contribution in [-0.4, -0.2) is 19.4 Å². The lowest BCUT2D eigenvalue weighted by atomic mass is 9.72. The summed E-state index contributed by atoms with van der Waals surface area (Å²) >= 11 is 0. The molecule has 41 heavy (non-hydrogen) atoms. The lowest BCUT2D eigenvalue weighted by Gasteiger charge is -2.44. The lowest BCUT2D eigenvalue weighted by molar-refractivity contribution is 0.0990. The molecule has 204 valence electrons. The molecule has 1 heterocycles. The van der Waals surface area contributed by atoms with Crippen molar-refractivity contribution >= 4 is 48.0 Å². The van der Waals surface area contributed by atoms with Crippen molar-refractivity contribution in [1.82, 2.24) is 0 Å². The maximum absolute atomic E-state index is 13.3. The Morgan fingerprint density at radius 3 is 2.02 bits per heavy atom. The van der Waals surface area contributed by atoms with Crippen molar-refractivity contribution in [3.05, 3.63) is 123 Å². The third kappa shape index (κ3) is 4.20. The van der Waals surface area contributed by atoms with Crippen LogP contribution >= 0.6 is 0 Å². The molecular formula is C37H36BNO2. The molecule has 3 nitrogen and oxygen atoms in total. The van der Waals surface area contributed by atoms with Gasteiger partial charge in [0, 0.05) is 16.5 Å². The molecule has 4 aromatic rings. The average Bonchev–Trinajstić information content (AvgIpc) is 3.17. The molecule has 0 bridgehead atoms. The second-order valence-corrected chi connectivity index (χ2v) is 12.6. The standard InChI is InChI=1S/C37H36BNO2/c1-21(2)25-10-9-11-26(22(3)4)34(25)39-32-13-8-7-12-30(32)37(5,6)31-19-23(14-17-33(31)39)18-29-35(40)27-16-15-24(38)20-28(27)36(29)41/h7-22H,38H2,1-6H3/b29-18-. The number of para-hydroxylation sites is 2. The predicted molar refractivity (Wildman–Crippen MR) is 173 cm³/mol. The number of nitrogens with zero attached hydrogens (tertiary/aromatic N) is 1. The van der Waals surface area contributed by atoms with E-state index in [2.05, 4.69) is 101 Å². The number of anilines is 3. The van der Waals surface area contributed by atoms with E-state index >= 15 is 0 Å². The highest BCUT2D eigenvalue weighted by molar-refractivity contribution is 6.43. The highest BCUT2D eigenvalue weighted by Gasteiger charge is 2.39. The first-order chi connectivity index (χ1) is 19.5. The Hall–Kier alpha value is -4.18. The van der Waals surface area contributed by atoms with Gasteiger partial charge in [0.15, 0.2) is 11.6 Å². The minimum atomic E-state index is -0.286. The van der Waals surface area contributed by atoms with Gasteiger partial charge < -0.3 is 4.90 Å². The van der Waals surface area contributed by atoms with Crippen molar-refractivity contribution in [2.75, 3.05) is 4.90 Å². The molecule has 2 aliphatic rings. The fourth-order valence-corrected chi connectivity index (χ4v) is 6.56. The van der Waals surface area contributed by atoms with E-state index in [9.17, 15) is 9.59 Å². The molecule has 0 N–H and O–H groups in total. The van der Waals surface area contributed by atoms with Gasteiger partial charge >= 0.3 is 0 Å². The zero-order valence-electron chi connectivity index (χ0n) is 25.0. The Kier molecular flexibility index (Phi) is 6.41. The summed E-state index contributed by atoms with van der Waals surface area (Å²) in [5.41, 5.74) is 11.4. The Balaban J connectivity index is 1.57. The monoisotopic (exact) mass is 537 g/mol. The zero-order valence-corrected chi connectivity index (χ0v) is 25.0. The Morgan fingerprint density at radius 1 is 0.707 bits per heavy atom.